The van der Waals surface area contributed by atoms with Crippen molar-refractivity contribution in [1.82, 2.24) is 19.6 Å². The highest BCUT2D eigenvalue weighted by Crippen LogP contribution is 2.34. The van der Waals surface area contributed by atoms with Crippen molar-refractivity contribution < 1.29 is 18.6 Å². The molecule has 0 spiro atoms. The Kier molecular flexibility index (Phi) is 5.31. The second kappa shape index (κ2) is 8.44. The van der Waals surface area contributed by atoms with E-state index in [0.29, 0.717) is 52.8 Å². The van der Waals surface area contributed by atoms with Crippen molar-refractivity contribution in [3.05, 3.63) is 64.6 Å². The van der Waals surface area contributed by atoms with Gasteiger partial charge in [0.15, 0.2) is 11.1 Å². The standard InChI is InChI=1S/C24H22N4O5/c1-14-18(22-26-20-16(31-3)10-7-11-17(20)33-22)24(29)28-21(25-14)19(15-8-5-4-6-9-15)23(27-28)32-13-12-30-2/h4-11,25H,12-13H2,1-3H3. The van der Waals surface area contributed by atoms with E-state index >= 15 is 0 Å². The fourth-order valence-corrected chi connectivity index (χ4v) is 3.80. The van der Waals surface area contributed by atoms with Crippen molar-refractivity contribution in [1.29, 1.82) is 0 Å². The maximum Gasteiger partial charge on any atom is 0.287 e. The van der Waals surface area contributed by atoms with Crippen LogP contribution in [0.1, 0.15) is 5.69 Å². The number of hydrogen-bond acceptors (Lipinski definition) is 7. The van der Waals surface area contributed by atoms with Gasteiger partial charge in [-0.2, -0.15) is 4.52 Å². The molecule has 0 radical (unpaired) electrons. The van der Waals surface area contributed by atoms with Crippen LogP contribution in [-0.2, 0) is 4.74 Å². The molecule has 0 aliphatic rings. The minimum absolute atomic E-state index is 0.189. The van der Waals surface area contributed by atoms with Crippen LogP contribution >= 0.6 is 0 Å². The molecule has 0 fully saturated rings. The fraction of sp³-hybridized carbons (Fsp3) is 0.208. The van der Waals surface area contributed by atoms with E-state index in [1.807, 2.05) is 30.3 Å². The highest BCUT2D eigenvalue weighted by molar-refractivity contribution is 5.84. The zero-order valence-corrected chi connectivity index (χ0v) is 18.4. The quantitative estimate of drug-likeness (QED) is 0.379. The Morgan fingerprint density at radius 3 is 2.61 bits per heavy atom. The van der Waals surface area contributed by atoms with Crippen molar-refractivity contribution in [2.75, 3.05) is 27.4 Å². The largest absolute Gasteiger partial charge is 0.494 e. The molecule has 0 amide bonds. The molecule has 0 saturated heterocycles. The number of hydrogen-bond donors (Lipinski definition) is 1. The maximum atomic E-state index is 13.6. The Balaban J connectivity index is 1.73. The van der Waals surface area contributed by atoms with Crippen LogP contribution in [0, 0.1) is 6.92 Å². The molecular formula is C24H22N4O5. The number of aromatic amines is 1. The van der Waals surface area contributed by atoms with Crippen molar-refractivity contribution >= 4 is 16.7 Å². The van der Waals surface area contributed by atoms with Crippen LogP contribution in [0.2, 0.25) is 0 Å². The zero-order chi connectivity index (χ0) is 22.9. The summed E-state index contributed by atoms with van der Waals surface area (Å²) in [6.07, 6.45) is 0. The van der Waals surface area contributed by atoms with Gasteiger partial charge >= 0.3 is 0 Å². The number of aryl methyl sites for hydroxylation is 1. The van der Waals surface area contributed by atoms with Gasteiger partial charge in [-0.15, -0.1) is 5.10 Å². The van der Waals surface area contributed by atoms with Gasteiger partial charge < -0.3 is 23.6 Å². The van der Waals surface area contributed by atoms with Gasteiger partial charge in [0.05, 0.1) is 19.3 Å². The monoisotopic (exact) mass is 446 g/mol. The Bertz CT molecular complexity index is 1500. The molecule has 2 aromatic carbocycles. The lowest BCUT2D eigenvalue weighted by molar-refractivity contribution is 0.144. The molecule has 1 N–H and O–H groups in total. The van der Waals surface area contributed by atoms with Crippen LogP contribution in [0.15, 0.2) is 57.7 Å². The number of oxazole rings is 1. The first-order valence-corrected chi connectivity index (χ1v) is 10.4. The number of benzene rings is 2. The van der Waals surface area contributed by atoms with Crippen molar-refractivity contribution in [3.63, 3.8) is 0 Å². The summed E-state index contributed by atoms with van der Waals surface area (Å²) >= 11 is 0. The van der Waals surface area contributed by atoms with Crippen LogP contribution in [0.3, 0.4) is 0 Å². The molecule has 0 aliphatic carbocycles. The molecular weight excluding hydrogens is 424 g/mol. The van der Waals surface area contributed by atoms with E-state index in [0.717, 1.165) is 5.56 Å². The van der Waals surface area contributed by atoms with Gasteiger partial charge in [0.25, 0.3) is 5.56 Å². The number of H-pyrrole nitrogens is 1. The lowest BCUT2D eigenvalue weighted by Crippen LogP contribution is -2.19. The molecule has 168 valence electrons. The lowest BCUT2D eigenvalue weighted by Gasteiger charge is -2.06. The number of ether oxygens (including phenoxy) is 3. The zero-order valence-electron chi connectivity index (χ0n) is 18.4. The Morgan fingerprint density at radius 2 is 1.85 bits per heavy atom. The van der Waals surface area contributed by atoms with E-state index in [-0.39, 0.29) is 17.0 Å². The van der Waals surface area contributed by atoms with Gasteiger partial charge in [0.2, 0.25) is 11.8 Å². The topological polar surface area (TPSA) is 104 Å². The first-order valence-electron chi connectivity index (χ1n) is 10.4. The summed E-state index contributed by atoms with van der Waals surface area (Å²) in [5, 5.41) is 4.48. The minimum atomic E-state index is -0.370. The number of nitrogens with one attached hydrogen (secondary N) is 1. The second-order valence-corrected chi connectivity index (χ2v) is 7.40. The third-order valence-corrected chi connectivity index (χ3v) is 5.34. The average Bonchev–Trinajstić information content (AvgIpc) is 3.41. The lowest BCUT2D eigenvalue weighted by atomic mass is 10.1. The Hall–Kier alpha value is -4.11. The molecule has 3 aromatic heterocycles. The summed E-state index contributed by atoms with van der Waals surface area (Å²) in [6, 6.07) is 15.0. The summed E-state index contributed by atoms with van der Waals surface area (Å²) in [4.78, 5) is 21.4. The SMILES string of the molecule is COCCOc1nn2c(=O)c(-c3nc4c(OC)cccc4o3)c(C)[nH]c2c1-c1ccccc1. The third-order valence-electron chi connectivity index (χ3n) is 5.34. The molecule has 9 heteroatoms. The van der Waals surface area contributed by atoms with Crippen LogP contribution in [0.5, 0.6) is 11.6 Å². The molecule has 0 aliphatic heterocycles. The molecule has 5 aromatic rings. The third kappa shape index (κ3) is 3.52. The fourth-order valence-electron chi connectivity index (χ4n) is 3.80. The number of methoxy groups -OCH3 is 2. The Morgan fingerprint density at radius 1 is 1.03 bits per heavy atom. The van der Waals surface area contributed by atoms with E-state index in [2.05, 4.69) is 15.1 Å². The molecule has 3 heterocycles. The number of nitrogens with zero attached hydrogens (tertiary/aromatic N) is 3. The summed E-state index contributed by atoms with van der Waals surface area (Å²) in [7, 11) is 3.16. The molecule has 0 saturated carbocycles. The van der Waals surface area contributed by atoms with E-state index < -0.39 is 0 Å². The number of para-hydroxylation sites is 1. The summed E-state index contributed by atoms with van der Waals surface area (Å²) in [6.45, 7) is 2.49. The second-order valence-electron chi connectivity index (χ2n) is 7.40. The van der Waals surface area contributed by atoms with E-state index in [4.69, 9.17) is 18.6 Å². The van der Waals surface area contributed by atoms with Crippen LogP contribution in [-0.4, -0.2) is 47.0 Å². The van der Waals surface area contributed by atoms with Gasteiger partial charge in [-0.3, -0.25) is 4.79 Å². The van der Waals surface area contributed by atoms with Gasteiger partial charge in [0, 0.05) is 12.8 Å². The molecule has 0 atom stereocenters. The van der Waals surface area contributed by atoms with Gasteiger partial charge in [-0.25, -0.2) is 4.98 Å². The number of aromatic nitrogens is 4. The first kappa shape index (κ1) is 20.8. The summed E-state index contributed by atoms with van der Waals surface area (Å²) in [5.74, 6) is 1.09. The van der Waals surface area contributed by atoms with Crippen molar-refractivity contribution in [2.24, 2.45) is 0 Å². The first-order chi connectivity index (χ1) is 16.1. The van der Waals surface area contributed by atoms with Gasteiger partial charge in [0.1, 0.15) is 23.6 Å². The van der Waals surface area contributed by atoms with Crippen LogP contribution < -0.4 is 15.0 Å². The smallest absolute Gasteiger partial charge is 0.287 e. The summed E-state index contributed by atoms with van der Waals surface area (Å²) < 4.78 is 23.5. The van der Waals surface area contributed by atoms with E-state index in [9.17, 15) is 4.79 Å². The predicted molar refractivity (Wildman–Crippen MR) is 123 cm³/mol. The number of rotatable bonds is 7. The molecule has 9 nitrogen and oxygen atoms in total. The Labute approximate surface area is 188 Å². The molecule has 5 rings (SSSR count). The van der Waals surface area contributed by atoms with Crippen molar-refractivity contribution in [3.8, 4) is 34.2 Å². The number of fused-ring (bicyclic) bond motifs is 2. The summed E-state index contributed by atoms with van der Waals surface area (Å²) in [5.41, 5.74) is 3.66. The van der Waals surface area contributed by atoms with Crippen molar-refractivity contribution in [2.45, 2.75) is 6.92 Å². The molecule has 0 unspecified atom stereocenters. The van der Waals surface area contributed by atoms with E-state index in [1.54, 1.807) is 39.3 Å². The highest BCUT2D eigenvalue weighted by Gasteiger charge is 2.24. The van der Waals surface area contributed by atoms with Crippen LogP contribution in [0.25, 0.3) is 39.3 Å². The van der Waals surface area contributed by atoms with E-state index in [1.165, 1.54) is 4.52 Å². The predicted octanol–water partition coefficient (Wildman–Crippen LogP) is 3.84. The average molecular weight is 446 g/mol. The van der Waals surface area contributed by atoms with Gasteiger partial charge in [-0.05, 0) is 24.6 Å². The molecule has 0 bridgehead atoms. The molecule has 33 heavy (non-hydrogen) atoms. The van der Waals surface area contributed by atoms with Gasteiger partial charge in [-0.1, -0.05) is 36.4 Å². The van der Waals surface area contributed by atoms with Crippen LogP contribution in [0.4, 0.5) is 0 Å². The normalized spacial score (nSPS) is 11.4. The maximum absolute atomic E-state index is 13.6. The minimum Gasteiger partial charge on any atom is -0.494 e. The highest BCUT2D eigenvalue weighted by atomic mass is 16.5.